The summed E-state index contributed by atoms with van der Waals surface area (Å²) >= 11 is 5.78. The summed E-state index contributed by atoms with van der Waals surface area (Å²) in [5.74, 6) is 0.873. The van der Waals surface area contributed by atoms with Gasteiger partial charge in [-0.1, -0.05) is 23.7 Å². The van der Waals surface area contributed by atoms with Crippen molar-refractivity contribution in [3.63, 3.8) is 0 Å². The normalized spacial score (nSPS) is 12.0. The highest BCUT2D eigenvalue weighted by molar-refractivity contribution is 6.30. The number of ether oxygens (including phenoxy) is 2. The molecule has 1 unspecified atom stereocenters. The van der Waals surface area contributed by atoms with Gasteiger partial charge in [0.05, 0.1) is 19.2 Å². The van der Waals surface area contributed by atoms with Crippen molar-refractivity contribution in [1.82, 2.24) is 0 Å². The fourth-order valence-corrected chi connectivity index (χ4v) is 2.31. The second-order valence-corrected chi connectivity index (χ2v) is 5.08. The Labute approximate surface area is 128 Å². The molecular formula is C16H17ClFNO2. The quantitative estimate of drug-likeness (QED) is 0.915. The maximum absolute atomic E-state index is 13.2. The van der Waals surface area contributed by atoms with Gasteiger partial charge in [-0.2, -0.15) is 0 Å². The van der Waals surface area contributed by atoms with Crippen molar-refractivity contribution in [1.29, 1.82) is 0 Å². The number of hydrogen-bond acceptors (Lipinski definition) is 3. The topological polar surface area (TPSA) is 44.5 Å². The molecule has 0 saturated heterocycles. The molecule has 2 aromatic rings. The van der Waals surface area contributed by atoms with Crippen LogP contribution in [0.4, 0.5) is 4.39 Å². The van der Waals surface area contributed by atoms with Gasteiger partial charge in [0, 0.05) is 6.04 Å². The number of nitrogens with two attached hydrogens (primary N) is 1. The monoisotopic (exact) mass is 309 g/mol. The second-order valence-electron chi connectivity index (χ2n) is 4.67. The van der Waals surface area contributed by atoms with Crippen molar-refractivity contribution < 1.29 is 13.9 Å². The van der Waals surface area contributed by atoms with Gasteiger partial charge in [0.1, 0.15) is 5.82 Å². The molecule has 0 aromatic heterocycles. The van der Waals surface area contributed by atoms with Crippen molar-refractivity contribution in [3.05, 3.63) is 58.4 Å². The molecule has 0 saturated carbocycles. The zero-order valence-electron chi connectivity index (χ0n) is 11.9. The lowest BCUT2D eigenvalue weighted by atomic mass is 9.99. The van der Waals surface area contributed by atoms with Crippen LogP contribution in [-0.4, -0.2) is 14.2 Å². The Morgan fingerprint density at radius 2 is 1.81 bits per heavy atom. The van der Waals surface area contributed by atoms with Crippen LogP contribution in [0.1, 0.15) is 17.2 Å². The molecule has 0 amide bonds. The molecule has 2 N–H and O–H groups in total. The molecule has 3 nitrogen and oxygen atoms in total. The summed E-state index contributed by atoms with van der Waals surface area (Å²) in [4.78, 5) is 0. The van der Waals surface area contributed by atoms with Crippen molar-refractivity contribution in [2.75, 3.05) is 14.2 Å². The number of rotatable bonds is 5. The van der Waals surface area contributed by atoms with Crippen molar-refractivity contribution in [3.8, 4) is 11.5 Å². The lowest BCUT2D eigenvalue weighted by Crippen LogP contribution is -2.13. The minimum atomic E-state index is -0.446. The van der Waals surface area contributed by atoms with E-state index < -0.39 is 5.82 Å². The molecule has 21 heavy (non-hydrogen) atoms. The molecule has 0 heterocycles. The Kier molecular flexibility index (Phi) is 5.04. The van der Waals surface area contributed by atoms with Crippen LogP contribution in [0.2, 0.25) is 5.02 Å². The average molecular weight is 310 g/mol. The highest BCUT2D eigenvalue weighted by atomic mass is 35.5. The molecule has 1 atom stereocenters. The van der Waals surface area contributed by atoms with E-state index in [1.54, 1.807) is 26.4 Å². The number of hydrogen-bond donors (Lipinski definition) is 1. The zero-order valence-corrected chi connectivity index (χ0v) is 12.7. The van der Waals surface area contributed by atoms with Gasteiger partial charge in [0.25, 0.3) is 0 Å². The zero-order chi connectivity index (χ0) is 15.4. The second kappa shape index (κ2) is 6.78. The van der Waals surface area contributed by atoms with Gasteiger partial charge in [0.2, 0.25) is 0 Å². The fourth-order valence-electron chi connectivity index (χ4n) is 2.12. The summed E-state index contributed by atoms with van der Waals surface area (Å²) in [7, 11) is 3.17. The van der Waals surface area contributed by atoms with Crippen LogP contribution >= 0.6 is 11.6 Å². The Balaban J connectivity index is 2.18. The van der Waals surface area contributed by atoms with Gasteiger partial charge in [-0.25, -0.2) is 4.39 Å². The van der Waals surface area contributed by atoms with E-state index in [1.165, 1.54) is 6.07 Å². The third-order valence-corrected chi connectivity index (χ3v) is 3.57. The van der Waals surface area contributed by atoms with E-state index in [-0.39, 0.29) is 11.1 Å². The van der Waals surface area contributed by atoms with Crippen LogP contribution in [0.3, 0.4) is 0 Å². The van der Waals surface area contributed by atoms with E-state index in [1.807, 2.05) is 18.2 Å². The van der Waals surface area contributed by atoms with Gasteiger partial charge >= 0.3 is 0 Å². The molecule has 0 aliphatic rings. The molecule has 0 aliphatic heterocycles. The van der Waals surface area contributed by atoms with E-state index >= 15 is 0 Å². The van der Waals surface area contributed by atoms with Crippen molar-refractivity contribution in [2.45, 2.75) is 12.5 Å². The van der Waals surface area contributed by atoms with Crippen molar-refractivity contribution >= 4 is 11.6 Å². The summed E-state index contributed by atoms with van der Waals surface area (Å²) in [6, 6.07) is 9.89. The highest BCUT2D eigenvalue weighted by Gasteiger charge is 2.12. The van der Waals surface area contributed by atoms with Crippen LogP contribution < -0.4 is 15.2 Å². The van der Waals surface area contributed by atoms with Crippen LogP contribution in [0.5, 0.6) is 11.5 Å². The number of benzene rings is 2. The van der Waals surface area contributed by atoms with E-state index in [4.69, 9.17) is 26.8 Å². The summed E-state index contributed by atoms with van der Waals surface area (Å²) in [5.41, 5.74) is 7.94. The Bertz CT molecular complexity index is 634. The summed E-state index contributed by atoms with van der Waals surface area (Å²) in [5, 5.41) is 0.0789. The molecule has 0 bridgehead atoms. The number of methoxy groups -OCH3 is 2. The summed E-state index contributed by atoms with van der Waals surface area (Å²) in [6.07, 6.45) is 0.586. The third-order valence-electron chi connectivity index (χ3n) is 3.28. The first-order valence-electron chi connectivity index (χ1n) is 6.46. The Morgan fingerprint density at radius 3 is 2.43 bits per heavy atom. The van der Waals surface area contributed by atoms with E-state index in [0.29, 0.717) is 17.9 Å². The molecule has 0 radical (unpaired) electrons. The standard InChI is InChI=1S/C16H17ClFNO2/c1-20-15-6-3-10(8-16(15)21-2)7-14(19)11-4-5-13(18)12(17)9-11/h3-6,8-9,14H,7,19H2,1-2H3. The van der Waals surface area contributed by atoms with Crippen LogP contribution in [0.25, 0.3) is 0 Å². The van der Waals surface area contributed by atoms with E-state index in [0.717, 1.165) is 11.1 Å². The van der Waals surface area contributed by atoms with Gasteiger partial charge in [0.15, 0.2) is 11.5 Å². The van der Waals surface area contributed by atoms with Crippen molar-refractivity contribution in [2.24, 2.45) is 5.73 Å². The molecule has 2 rings (SSSR count). The lowest BCUT2D eigenvalue weighted by molar-refractivity contribution is 0.354. The molecule has 112 valence electrons. The minimum Gasteiger partial charge on any atom is -0.493 e. The first kappa shape index (κ1) is 15.6. The average Bonchev–Trinajstić information content (AvgIpc) is 2.49. The van der Waals surface area contributed by atoms with Crippen LogP contribution in [0, 0.1) is 5.82 Å². The van der Waals surface area contributed by atoms with Crippen LogP contribution in [-0.2, 0) is 6.42 Å². The molecule has 0 fully saturated rings. The van der Waals surface area contributed by atoms with Gasteiger partial charge in [-0.05, 0) is 41.8 Å². The van der Waals surface area contributed by atoms with Gasteiger partial charge in [-0.15, -0.1) is 0 Å². The predicted molar refractivity (Wildman–Crippen MR) is 81.6 cm³/mol. The molecule has 5 heteroatoms. The van der Waals surface area contributed by atoms with Crippen LogP contribution in [0.15, 0.2) is 36.4 Å². The summed E-state index contributed by atoms with van der Waals surface area (Å²) < 4.78 is 23.6. The van der Waals surface area contributed by atoms with Gasteiger partial charge < -0.3 is 15.2 Å². The maximum atomic E-state index is 13.2. The maximum Gasteiger partial charge on any atom is 0.160 e. The van der Waals surface area contributed by atoms with Gasteiger partial charge in [-0.3, -0.25) is 0 Å². The Hall–Kier alpha value is -1.78. The predicted octanol–water partition coefficient (Wildman–Crippen LogP) is 3.74. The third kappa shape index (κ3) is 3.65. The Morgan fingerprint density at radius 1 is 1.10 bits per heavy atom. The molecule has 0 spiro atoms. The lowest BCUT2D eigenvalue weighted by Gasteiger charge is -2.14. The van der Waals surface area contributed by atoms with E-state index in [2.05, 4.69) is 0 Å². The minimum absolute atomic E-state index is 0.0789. The first-order chi connectivity index (χ1) is 10.0. The highest BCUT2D eigenvalue weighted by Crippen LogP contribution is 2.29. The largest absolute Gasteiger partial charge is 0.493 e. The number of halogens is 2. The fraction of sp³-hybridized carbons (Fsp3) is 0.250. The molecule has 2 aromatic carbocycles. The first-order valence-corrected chi connectivity index (χ1v) is 6.84. The SMILES string of the molecule is COc1ccc(CC(N)c2ccc(F)c(Cl)c2)cc1OC. The smallest absolute Gasteiger partial charge is 0.160 e. The summed E-state index contributed by atoms with van der Waals surface area (Å²) in [6.45, 7) is 0. The molecule has 0 aliphatic carbocycles. The van der Waals surface area contributed by atoms with E-state index in [9.17, 15) is 4.39 Å². The molecular weight excluding hydrogens is 293 g/mol.